The molecule has 0 fully saturated rings. The van der Waals surface area contributed by atoms with Crippen molar-refractivity contribution in [2.24, 2.45) is 10.2 Å². The van der Waals surface area contributed by atoms with Gasteiger partial charge in [-0.25, -0.2) is 4.21 Å². The number of nitrogens with zero attached hydrogens (tertiary/aromatic N) is 2. The lowest BCUT2D eigenvalue weighted by atomic mass is 10.1. The summed E-state index contributed by atoms with van der Waals surface area (Å²) < 4.78 is 27.1. The van der Waals surface area contributed by atoms with Crippen LogP contribution in [0.25, 0.3) is 10.8 Å². The van der Waals surface area contributed by atoms with Crippen molar-refractivity contribution in [3.63, 3.8) is 0 Å². The Balaban J connectivity index is 1.07. The van der Waals surface area contributed by atoms with Crippen LogP contribution in [-0.2, 0) is 22.2 Å². The maximum absolute atomic E-state index is 12.7. The minimum Gasteiger partial charge on any atom is -0.383 e. The Bertz CT molecular complexity index is 1850. The highest BCUT2D eigenvalue weighted by molar-refractivity contribution is 7.79. The molecule has 0 saturated heterocycles. The normalized spacial score (nSPS) is 12.4. The summed E-state index contributed by atoms with van der Waals surface area (Å²) >= 11 is -2.08. The number of rotatable bonds is 13. The zero-order valence-electron chi connectivity index (χ0n) is 24.1. The molecule has 0 aromatic heterocycles. The first-order chi connectivity index (χ1) is 22.0. The van der Waals surface area contributed by atoms with E-state index in [1.165, 1.54) is 0 Å². The van der Waals surface area contributed by atoms with Crippen LogP contribution in [0.1, 0.15) is 15.9 Å². The molecule has 2 unspecified atom stereocenters. The monoisotopic (exact) mass is 635 g/mol. The average molecular weight is 636 g/mol. The van der Waals surface area contributed by atoms with Gasteiger partial charge in [0.05, 0.1) is 22.9 Å². The number of hydrogen-bond donors (Lipinski definition) is 4. The number of benzene rings is 5. The number of carbonyl (C=O) groups is 1. The van der Waals surface area contributed by atoms with Gasteiger partial charge in [-0.2, -0.15) is 10.2 Å². The Kier molecular flexibility index (Phi) is 11.0. The topological polar surface area (TPSA) is 124 Å². The fraction of sp³-hybridized carbons (Fsp3) is 0.0882. The van der Waals surface area contributed by atoms with E-state index >= 15 is 0 Å². The summed E-state index contributed by atoms with van der Waals surface area (Å²) in [7, 11) is -1.38. The van der Waals surface area contributed by atoms with Crippen LogP contribution in [0.15, 0.2) is 130 Å². The fourth-order valence-electron chi connectivity index (χ4n) is 4.39. The van der Waals surface area contributed by atoms with E-state index in [-0.39, 0.29) is 5.91 Å². The molecule has 0 heterocycles. The van der Waals surface area contributed by atoms with Crippen LogP contribution in [0.4, 0.5) is 22.7 Å². The first-order valence-corrected chi connectivity index (χ1v) is 16.3. The predicted molar refractivity (Wildman–Crippen MR) is 181 cm³/mol. The number of nitrogens with one attached hydrogen (secondary N) is 3. The summed E-state index contributed by atoms with van der Waals surface area (Å²) in [5, 5.41) is 19.4. The number of fused-ring (bicyclic) bond motifs is 1. The molecule has 5 aromatic rings. The van der Waals surface area contributed by atoms with Gasteiger partial charge >= 0.3 is 0 Å². The summed E-state index contributed by atoms with van der Waals surface area (Å²) in [4.78, 5) is 13.0. The number of terminal acetylenes is 1. The Labute approximate surface area is 265 Å². The molecule has 0 aliphatic heterocycles. The standard InChI is InChI=1S/C34H30N5O4PS/c1-2-44(43-24-25-14-18-28(19-15-25)38-37-27-8-4-3-5-9-27)39-29-20-16-26(17-21-29)34(40)36-23-22-35-32-12-6-11-31-30(32)10-7-13-33(31)45(41)42/h1,3-21,35,39H,22-24H2,(H,36,40)(H,41,42)/b38-37+. The summed E-state index contributed by atoms with van der Waals surface area (Å²) in [6, 6.07) is 34.9. The van der Waals surface area contributed by atoms with Crippen molar-refractivity contribution in [2.75, 3.05) is 23.5 Å². The van der Waals surface area contributed by atoms with Crippen LogP contribution >= 0.6 is 8.30 Å². The molecule has 4 N–H and O–H groups in total. The highest BCUT2D eigenvalue weighted by atomic mass is 32.2. The van der Waals surface area contributed by atoms with Crippen LogP contribution in [0.3, 0.4) is 0 Å². The van der Waals surface area contributed by atoms with Crippen molar-refractivity contribution in [1.29, 1.82) is 0 Å². The van der Waals surface area contributed by atoms with Gasteiger partial charge in [-0.1, -0.05) is 54.6 Å². The molecule has 0 bridgehead atoms. The first-order valence-electron chi connectivity index (χ1n) is 14.0. The van der Waals surface area contributed by atoms with Gasteiger partial charge < -0.3 is 24.8 Å². The molecular formula is C34H30N5O4PS. The van der Waals surface area contributed by atoms with E-state index in [0.717, 1.165) is 33.7 Å². The molecule has 0 radical (unpaired) electrons. The van der Waals surface area contributed by atoms with Crippen molar-refractivity contribution in [3.05, 3.63) is 126 Å². The zero-order valence-corrected chi connectivity index (χ0v) is 25.8. The SMILES string of the molecule is C#CP(Nc1ccc(C(=O)NCCNc2cccc3c(S(=O)O)cccc23)cc1)OCc1ccc(/N=N/c2ccccc2)cc1. The van der Waals surface area contributed by atoms with Crippen molar-refractivity contribution in [1.82, 2.24) is 5.32 Å². The smallest absolute Gasteiger partial charge is 0.251 e. The van der Waals surface area contributed by atoms with Gasteiger partial charge in [-0.15, -0.1) is 6.42 Å². The average Bonchev–Trinajstić information content (AvgIpc) is 3.08. The second-order valence-corrected chi connectivity index (χ2v) is 11.9. The largest absolute Gasteiger partial charge is 0.383 e. The van der Waals surface area contributed by atoms with Crippen LogP contribution in [0.5, 0.6) is 0 Å². The molecule has 2 atom stereocenters. The third-order valence-electron chi connectivity index (χ3n) is 6.62. The van der Waals surface area contributed by atoms with Gasteiger partial charge in [-0.3, -0.25) is 4.79 Å². The first kappa shape index (κ1) is 31.5. The molecule has 0 saturated carbocycles. The lowest BCUT2D eigenvalue weighted by molar-refractivity contribution is 0.0955. The maximum atomic E-state index is 12.7. The van der Waals surface area contributed by atoms with Gasteiger partial charge in [0.2, 0.25) is 8.30 Å². The number of carbonyl (C=O) groups excluding carboxylic acids is 1. The molecular weight excluding hydrogens is 605 g/mol. The van der Waals surface area contributed by atoms with Gasteiger partial charge in [0, 0.05) is 40.8 Å². The van der Waals surface area contributed by atoms with E-state index < -0.39 is 19.4 Å². The van der Waals surface area contributed by atoms with E-state index in [9.17, 15) is 13.6 Å². The van der Waals surface area contributed by atoms with Gasteiger partial charge in [0.1, 0.15) is 0 Å². The quantitative estimate of drug-likeness (QED) is 0.0340. The summed E-state index contributed by atoms with van der Waals surface area (Å²) in [5.74, 6) is -0.207. The zero-order chi connectivity index (χ0) is 31.4. The lowest BCUT2D eigenvalue weighted by Gasteiger charge is -2.15. The summed E-state index contributed by atoms with van der Waals surface area (Å²) in [6.07, 6.45) is 5.71. The van der Waals surface area contributed by atoms with E-state index in [2.05, 4.69) is 31.6 Å². The minimum atomic E-state index is -2.08. The molecule has 0 aliphatic rings. The number of azo groups is 1. The fourth-order valence-corrected chi connectivity index (χ4v) is 5.81. The van der Waals surface area contributed by atoms with Crippen molar-refractivity contribution in [2.45, 2.75) is 11.5 Å². The van der Waals surface area contributed by atoms with Gasteiger partial charge in [-0.05, 0) is 71.9 Å². The predicted octanol–water partition coefficient (Wildman–Crippen LogP) is 8.21. The van der Waals surface area contributed by atoms with Crippen LogP contribution in [0.2, 0.25) is 0 Å². The van der Waals surface area contributed by atoms with Gasteiger partial charge in [0.25, 0.3) is 5.91 Å². The Morgan fingerprint density at radius 3 is 2.22 bits per heavy atom. The van der Waals surface area contributed by atoms with Crippen molar-refractivity contribution < 1.29 is 18.1 Å². The third-order valence-corrected chi connectivity index (χ3v) is 8.44. The third kappa shape index (κ3) is 8.82. The second kappa shape index (κ2) is 15.7. The summed E-state index contributed by atoms with van der Waals surface area (Å²) in [5.41, 5.74) is 7.21. The Morgan fingerprint density at radius 2 is 1.51 bits per heavy atom. The van der Waals surface area contributed by atoms with Crippen LogP contribution in [0, 0.1) is 12.1 Å². The highest BCUT2D eigenvalue weighted by Gasteiger charge is 2.11. The van der Waals surface area contributed by atoms with Crippen molar-refractivity contribution >= 4 is 58.8 Å². The number of anilines is 2. The molecule has 0 aliphatic carbocycles. The lowest BCUT2D eigenvalue weighted by Crippen LogP contribution is -2.28. The molecule has 5 rings (SSSR count). The molecule has 0 spiro atoms. The van der Waals surface area contributed by atoms with E-state index in [0.29, 0.717) is 35.5 Å². The Morgan fingerprint density at radius 1 is 0.822 bits per heavy atom. The maximum Gasteiger partial charge on any atom is 0.251 e. The van der Waals surface area contributed by atoms with Crippen LogP contribution in [-0.4, -0.2) is 27.8 Å². The molecule has 45 heavy (non-hydrogen) atoms. The van der Waals surface area contributed by atoms with Crippen LogP contribution < -0.4 is 15.7 Å². The molecule has 5 aromatic carbocycles. The second-order valence-electron chi connectivity index (χ2n) is 9.68. The summed E-state index contributed by atoms with van der Waals surface area (Å²) in [6.45, 7) is 1.18. The van der Waals surface area contributed by atoms with Crippen molar-refractivity contribution in [3.8, 4) is 12.1 Å². The minimum absolute atomic E-state index is 0.207. The number of hydrogen-bond acceptors (Lipinski definition) is 7. The van der Waals surface area contributed by atoms with E-state index in [1.807, 2.05) is 78.9 Å². The van der Waals surface area contributed by atoms with E-state index in [1.54, 1.807) is 36.4 Å². The highest BCUT2D eigenvalue weighted by Crippen LogP contribution is 2.37. The number of amides is 1. The molecule has 226 valence electrons. The van der Waals surface area contributed by atoms with E-state index in [4.69, 9.17) is 10.9 Å². The molecule has 1 amide bonds. The molecule has 9 nitrogen and oxygen atoms in total. The van der Waals surface area contributed by atoms with Gasteiger partial charge in [0.15, 0.2) is 11.1 Å². The Hall–Kier alpha value is -4.91. The molecule has 11 heteroatoms.